The highest BCUT2D eigenvalue weighted by Crippen LogP contribution is 2.14. The standard InChI is InChI=1S/C18H20Cl2N2O/c1-13(15-5-3-7-17(20)11-15)22-12-18(23)21-9-8-14-4-2-6-16(19)10-14/h2-7,10-11,13,22H,8-9,12H2,1H3,(H,21,23)/p+1/t13-/m1/s1. The van der Waals surface area contributed by atoms with Crippen LogP contribution < -0.4 is 10.6 Å². The molecule has 1 amide bonds. The Morgan fingerprint density at radius 2 is 1.83 bits per heavy atom. The Hall–Kier alpha value is -1.55. The lowest BCUT2D eigenvalue weighted by Crippen LogP contribution is -2.87. The molecule has 0 aliphatic rings. The van der Waals surface area contributed by atoms with Gasteiger partial charge < -0.3 is 10.6 Å². The molecule has 0 aliphatic heterocycles. The van der Waals surface area contributed by atoms with Crippen molar-refractivity contribution in [2.75, 3.05) is 13.1 Å². The van der Waals surface area contributed by atoms with Crippen LogP contribution in [0.5, 0.6) is 0 Å². The normalized spacial score (nSPS) is 12.0. The first-order chi connectivity index (χ1) is 11.0. The molecule has 0 heterocycles. The Labute approximate surface area is 147 Å². The van der Waals surface area contributed by atoms with Crippen molar-refractivity contribution in [2.24, 2.45) is 0 Å². The van der Waals surface area contributed by atoms with Crippen molar-refractivity contribution in [1.82, 2.24) is 5.32 Å². The molecule has 0 unspecified atom stereocenters. The second-order valence-electron chi connectivity index (χ2n) is 5.51. The van der Waals surface area contributed by atoms with E-state index in [-0.39, 0.29) is 11.9 Å². The Balaban J connectivity index is 1.70. The van der Waals surface area contributed by atoms with Crippen molar-refractivity contribution in [2.45, 2.75) is 19.4 Å². The SMILES string of the molecule is C[C@@H]([NH2+]CC(=O)NCCc1cccc(Cl)c1)c1cccc(Cl)c1. The summed E-state index contributed by atoms with van der Waals surface area (Å²) in [5.41, 5.74) is 2.23. The van der Waals surface area contributed by atoms with Crippen molar-refractivity contribution >= 4 is 29.1 Å². The average Bonchev–Trinajstić information content (AvgIpc) is 2.52. The molecule has 0 saturated heterocycles. The molecule has 3 N–H and O–H groups in total. The predicted molar refractivity (Wildman–Crippen MR) is 94.8 cm³/mol. The summed E-state index contributed by atoms with van der Waals surface area (Å²) in [5.74, 6) is 0.0286. The minimum absolute atomic E-state index is 0.0286. The van der Waals surface area contributed by atoms with Crippen LogP contribution in [0, 0.1) is 0 Å². The van der Waals surface area contributed by atoms with Crippen LogP contribution in [-0.2, 0) is 11.2 Å². The number of carbonyl (C=O) groups excluding carboxylic acids is 1. The van der Waals surface area contributed by atoms with Gasteiger partial charge in [0, 0.05) is 22.2 Å². The number of hydrogen-bond acceptors (Lipinski definition) is 1. The lowest BCUT2D eigenvalue weighted by molar-refractivity contribution is -0.682. The molecule has 5 heteroatoms. The summed E-state index contributed by atoms with van der Waals surface area (Å²) in [6.45, 7) is 3.06. The van der Waals surface area contributed by atoms with Gasteiger partial charge in [0.05, 0.1) is 0 Å². The van der Waals surface area contributed by atoms with Gasteiger partial charge in [0.15, 0.2) is 6.54 Å². The van der Waals surface area contributed by atoms with Crippen molar-refractivity contribution in [3.63, 3.8) is 0 Å². The molecule has 0 aromatic heterocycles. The number of amides is 1. The maximum atomic E-state index is 11.9. The number of halogens is 2. The molecule has 1 atom stereocenters. The molecule has 0 bridgehead atoms. The van der Waals surface area contributed by atoms with Gasteiger partial charge in [0.1, 0.15) is 6.04 Å². The van der Waals surface area contributed by atoms with E-state index in [9.17, 15) is 4.79 Å². The van der Waals surface area contributed by atoms with E-state index in [1.54, 1.807) is 0 Å². The van der Waals surface area contributed by atoms with E-state index in [1.165, 1.54) is 0 Å². The summed E-state index contributed by atoms with van der Waals surface area (Å²) in [7, 11) is 0. The third kappa shape index (κ3) is 6.22. The van der Waals surface area contributed by atoms with Gasteiger partial charge in [-0.05, 0) is 43.2 Å². The number of rotatable bonds is 7. The van der Waals surface area contributed by atoms with Gasteiger partial charge in [0.2, 0.25) is 0 Å². The summed E-state index contributed by atoms with van der Waals surface area (Å²) in [4.78, 5) is 11.9. The molecule has 122 valence electrons. The average molecular weight is 352 g/mol. The van der Waals surface area contributed by atoms with Crippen LogP contribution in [-0.4, -0.2) is 19.0 Å². The van der Waals surface area contributed by atoms with Gasteiger partial charge in [-0.2, -0.15) is 0 Å². The van der Waals surface area contributed by atoms with E-state index >= 15 is 0 Å². The Bertz CT molecular complexity index is 661. The molecule has 2 rings (SSSR count). The van der Waals surface area contributed by atoms with E-state index in [1.807, 2.05) is 53.8 Å². The van der Waals surface area contributed by atoms with E-state index in [0.29, 0.717) is 18.1 Å². The van der Waals surface area contributed by atoms with Gasteiger partial charge in [-0.1, -0.05) is 47.5 Å². The van der Waals surface area contributed by atoms with Gasteiger partial charge in [0.25, 0.3) is 5.91 Å². The fraction of sp³-hybridized carbons (Fsp3) is 0.278. The molecular formula is C18H21Cl2N2O+. The quantitative estimate of drug-likeness (QED) is 0.791. The lowest BCUT2D eigenvalue weighted by Gasteiger charge is -2.11. The second kappa shape index (κ2) is 8.92. The highest BCUT2D eigenvalue weighted by atomic mass is 35.5. The van der Waals surface area contributed by atoms with Crippen LogP contribution in [0.4, 0.5) is 0 Å². The smallest absolute Gasteiger partial charge is 0.275 e. The molecule has 0 aliphatic carbocycles. The van der Waals surface area contributed by atoms with Crippen LogP contribution in [0.3, 0.4) is 0 Å². The number of quaternary nitrogens is 1. The zero-order chi connectivity index (χ0) is 16.7. The van der Waals surface area contributed by atoms with Crippen molar-refractivity contribution in [1.29, 1.82) is 0 Å². The number of carbonyl (C=O) groups is 1. The topological polar surface area (TPSA) is 45.7 Å². The minimum Gasteiger partial charge on any atom is -0.351 e. The summed E-state index contributed by atoms with van der Waals surface area (Å²) >= 11 is 11.9. The summed E-state index contributed by atoms with van der Waals surface area (Å²) in [6, 6.07) is 15.6. The van der Waals surface area contributed by atoms with Crippen LogP contribution in [0.25, 0.3) is 0 Å². The summed E-state index contributed by atoms with van der Waals surface area (Å²) in [6.07, 6.45) is 0.774. The van der Waals surface area contributed by atoms with Gasteiger partial charge in [-0.3, -0.25) is 4.79 Å². The Morgan fingerprint density at radius 3 is 2.52 bits per heavy atom. The zero-order valence-electron chi connectivity index (χ0n) is 13.1. The fourth-order valence-corrected chi connectivity index (χ4v) is 2.73. The summed E-state index contributed by atoms with van der Waals surface area (Å²) < 4.78 is 0. The Kier molecular flexibility index (Phi) is 6.90. The molecule has 0 fully saturated rings. The molecule has 0 radical (unpaired) electrons. The first-order valence-electron chi connectivity index (χ1n) is 7.64. The van der Waals surface area contributed by atoms with Crippen LogP contribution in [0.15, 0.2) is 48.5 Å². The molecular weight excluding hydrogens is 331 g/mol. The van der Waals surface area contributed by atoms with Crippen molar-refractivity contribution in [3.05, 3.63) is 69.7 Å². The number of hydrogen-bond donors (Lipinski definition) is 2. The zero-order valence-corrected chi connectivity index (χ0v) is 14.6. The van der Waals surface area contributed by atoms with E-state index in [0.717, 1.165) is 22.6 Å². The van der Waals surface area contributed by atoms with E-state index in [4.69, 9.17) is 23.2 Å². The van der Waals surface area contributed by atoms with Gasteiger partial charge >= 0.3 is 0 Å². The minimum atomic E-state index is 0.0286. The summed E-state index contributed by atoms with van der Waals surface area (Å²) in [5, 5.41) is 6.37. The first kappa shape index (κ1) is 17.8. The maximum Gasteiger partial charge on any atom is 0.275 e. The molecule has 23 heavy (non-hydrogen) atoms. The van der Waals surface area contributed by atoms with Gasteiger partial charge in [-0.15, -0.1) is 0 Å². The molecule has 2 aromatic rings. The highest BCUT2D eigenvalue weighted by Gasteiger charge is 2.11. The van der Waals surface area contributed by atoms with Crippen LogP contribution in [0.1, 0.15) is 24.1 Å². The van der Waals surface area contributed by atoms with Crippen LogP contribution in [0.2, 0.25) is 10.0 Å². The third-order valence-electron chi connectivity index (χ3n) is 3.66. The Morgan fingerprint density at radius 1 is 1.13 bits per heavy atom. The monoisotopic (exact) mass is 351 g/mol. The van der Waals surface area contributed by atoms with Gasteiger partial charge in [-0.25, -0.2) is 0 Å². The largest absolute Gasteiger partial charge is 0.351 e. The maximum absolute atomic E-state index is 11.9. The number of nitrogens with one attached hydrogen (secondary N) is 1. The first-order valence-corrected chi connectivity index (χ1v) is 8.40. The van der Waals surface area contributed by atoms with Crippen LogP contribution >= 0.6 is 23.2 Å². The van der Waals surface area contributed by atoms with E-state index in [2.05, 4.69) is 12.2 Å². The molecule has 0 spiro atoms. The fourth-order valence-electron chi connectivity index (χ4n) is 2.32. The number of benzene rings is 2. The number of nitrogens with two attached hydrogens (primary N) is 1. The lowest BCUT2D eigenvalue weighted by atomic mass is 10.1. The van der Waals surface area contributed by atoms with Crippen molar-refractivity contribution in [3.8, 4) is 0 Å². The highest BCUT2D eigenvalue weighted by molar-refractivity contribution is 6.30. The second-order valence-corrected chi connectivity index (χ2v) is 6.39. The predicted octanol–water partition coefficient (Wildman–Crippen LogP) is 2.98. The molecule has 3 nitrogen and oxygen atoms in total. The van der Waals surface area contributed by atoms with Crippen molar-refractivity contribution < 1.29 is 10.1 Å². The van der Waals surface area contributed by atoms with E-state index < -0.39 is 0 Å². The molecule has 0 saturated carbocycles. The molecule has 2 aromatic carbocycles. The third-order valence-corrected chi connectivity index (χ3v) is 4.13.